The second-order valence-corrected chi connectivity index (χ2v) is 4.72. The Kier molecular flexibility index (Phi) is 436. The monoisotopic (exact) mass is 707 g/mol. The van der Waals surface area contributed by atoms with Crippen LogP contribution in [0.2, 0.25) is 0 Å². The Morgan fingerprint density at radius 2 is 0.458 bits per heavy atom. The number of ketones is 2. The molecule has 310 valence electrons. The van der Waals surface area contributed by atoms with E-state index >= 15 is 0 Å². The third-order valence-corrected chi connectivity index (χ3v) is 2.43. The standard InChI is InChI=1S/2C8H14O3.13C2H6/c2*1-3-11-8(10)6-4-5-7(2)9;13*1-2/h2*3-6H2,1-2H3;13*1-2H3. The lowest BCUT2D eigenvalue weighted by Crippen LogP contribution is -2.04. The summed E-state index contributed by atoms with van der Waals surface area (Å²) in [6, 6.07) is 0. The fourth-order valence-electron chi connectivity index (χ4n) is 1.43. The van der Waals surface area contributed by atoms with Crippen LogP contribution in [0.1, 0.15) is 246 Å². The average Bonchev–Trinajstić information content (AvgIpc) is 3.19. The maximum absolute atomic E-state index is 10.7. The van der Waals surface area contributed by atoms with Gasteiger partial charge in [0.25, 0.3) is 0 Å². The lowest BCUT2D eigenvalue weighted by Gasteiger charge is -1.99. The summed E-state index contributed by atoms with van der Waals surface area (Å²) in [6.45, 7) is 59.4. The molecular formula is C42H106O6. The molecule has 0 fully saturated rings. The van der Waals surface area contributed by atoms with Gasteiger partial charge in [0.15, 0.2) is 0 Å². The van der Waals surface area contributed by atoms with Crippen LogP contribution in [-0.4, -0.2) is 36.7 Å². The summed E-state index contributed by atoms with van der Waals surface area (Å²) in [5.41, 5.74) is 0. The van der Waals surface area contributed by atoms with Gasteiger partial charge in [0.1, 0.15) is 11.6 Å². The Balaban J connectivity index is -0.0000000209. The lowest BCUT2D eigenvalue weighted by molar-refractivity contribution is -0.144. The van der Waals surface area contributed by atoms with E-state index in [-0.39, 0.29) is 23.5 Å². The van der Waals surface area contributed by atoms with Crippen LogP contribution in [0.5, 0.6) is 0 Å². The van der Waals surface area contributed by atoms with E-state index in [0.29, 0.717) is 51.7 Å². The molecule has 48 heavy (non-hydrogen) atoms. The number of esters is 2. The molecular weight excluding hydrogens is 600 g/mol. The van der Waals surface area contributed by atoms with Crippen molar-refractivity contribution in [2.45, 2.75) is 246 Å². The minimum absolute atomic E-state index is 0.120. The van der Waals surface area contributed by atoms with Crippen molar-refractivity contribution in [2.75, 3.05) is 13.2 Å². The maximum Gasteiger partial charge on any atom is 0.305 e. The molecule has 0 spiro atoms. The van der Waals surface area contributed by atoms with E-state index in [9.17, 15) is 19.2 Å². The number of rotatable bonds is 10. The Labute approximate surface area is 311 Å². The molecule has 6 heteroatoms. The molecule has 0 aromatic rings. The van der Waals surface area contributed by atoms with Crippen molar-refractivity contribution < 1.29 is 28.7 Å². The molecule has 0 radical (unpaired) electrons. The topological polar surface area (TPSA) is 86.7 Å². The molecule has 0 amide bonds. The quantitative estimate of drug-likeness (QED) is 0.210. The van der Waals surface area contributed by atoms with Crippen LogP contribution in [0.4, 0.5) is 0 Å². The summed E-state index contributed by atoms with van der Waals surface area (Å²) in [5, 5.41) is 0. The number of carbonyl (C=O) groups is 4. The zero-order chi connectivity index (χ0) is 43.4. The molecule has 0 aliphatic carbocycles. The van der Waals surface area contributed by atoms with Crippen LogP contribution in [0, 0.1) is 0 Å². The van der Waals surface area contributed by atoms with Crippen molar-refractivity contribution in [3.63, 3.8) is 0 Å². The summed E-state index contributed by atoms with van der Waals surface area (Å²) < 4.78 is 9.35. The Hall–Kier alpha value is -1.72. The van der Waals surface area contributed by atoms with Crippen molar-refractivity contribution in [3.8, 4) is 0 Å². The van der Waals surface area contributed by atoms with E-state index in [1.807, 2.05) is 180 Å². The molecule has 0 saturated carbocycles. The van der Waals surface area contributed by atoms with Gasteiger partial charge < -0.3 is 19.1 Å². The number of hydrogen-bond donors (Lipinski definition) is 0. The van der Waals surface area contributed by atoms with Gasteiger partial charge in [-0.15, -0.1) is 0 Å². The molecule has 0 atom stereocenters. The largest absolute Gasteiger partial charge is 0.466 e. The molecule has 0 bridgehead atoms. The molecule has 0 aromatic carbocycles. The predicted molar refractivity (Wildman–Crippen MR) is 230 cm³/mol. The SMILES string of the molecule is CC.CC.CC.CC.CC.CC.CC.CC.CC.CC.CC.CC.CC.CCOC(=O)CCCC(C)=O.CCOC(=O)CCCC(C)=O. The van der Waals surface area contributed by atoms with Gasteiger partial charge in [0.05, 0.1) is 13.2 Å². The van der Waals surface area contributed by atoms with Gasteiger partial charge in [0.2, 0.25) is 0 Å². The van der Waals surface area contributed by atoms with Crippen LogP contribution in [0.3, 0.4) is 0 Å². The van der Waals surface area contributed by atoms with Crippen molar-refractivity contribution in [3.05, 3.63) is 0 Å². The molecule has 0 aliphatic rings. The second kappa shape index (κ2) is 216. The Morgan fingerprint density at radius 3 is 0.562 bits per heavy atom. The first-order valence-electron chi connectivity index (χ1n) is 20.6. The molecule has 0 saturated heterocycles. The Morgan fingerprint density at radius 1 is 0.312 bits per heavy atom. The van der Waals surface area contributed by atoms with E-state index in [0.717, 1.165) is 0 Å². The lowest BCUT2D eigenvalue weighted by atomic mass is 10.2. The van der Waals surface area contributed by atoms with Crippen molar-refractivity contribution in [1.29, 1.82) is 0 Å². The molecule has 6 nitrogen and oxygen atoms in total. The first kappa shape index (κ1) is 97.0. The third-order valence-electron chi connectivity index (χ3n) is 2.43. The van der Waals surface area contributed by atoms with Gasteiger partial charge in [0, 0.05) is 25.7 Å². The van der Waals surface area contributed by atoms with Crippen molar-refractivity contribution in [1.82, 2.24) is 0 Å². The first-order valence-corrected chi connectivity index (χ1v) is 20.6. The van der Waals surface area contributed by atoms with E-state index in [4.69, 9.17) is 0 Å². The smallest absolute Gasteiger partial charge is 0.305 e. The number of hydrogen-bond acceptors (Lipinski definition) is 6. The zero-order valence-corrected chi connectivity index (χ0v) is 40.1. The van der Waals surface area contributed by atoms with E-state index < -0.39 is 0 Å². The van der Waals surface area contributed by atoms with Crippen LogP contribution >= 0.6 is 0 Å². The molecule has 0 rings (SSSR count). The fourth-order valence-corrected chi connectivity index (χ4v) is 1.43. The highest BCUT2D eigenvalue weighted by atomic mass is 16.5. The molecule has 0 aromatic heterocycles. The van der Waals surface area contributed by atoms with Gasteiger partial charge in [-0.1, -0.05) is 180 Å². The average molecular weight is 707 g/mol. The van der Waals surface area contributed by atoms with E-state index in [1.165, 1.54) is 13.8 Å². The Bertz CT molecular complexity index is 322. The van der Waals surface area contributed by atoms with Crippen LogP contribution in [-0.2, 0) is 28.7 Å². The van der Waals surface area contributed by atoms with Gasteiger partial charge in [-0.2, -0.15) is 0 Å². The minimum atomic E-state index is -0.214. The van der Waals surface area contributed by atoms with Crippen molar-refractivity contribution in [2.24, 2.45) is 0 Å². The van der Waals surface area contributed by atoms with E-state index in [1.54, 1.807) is 13.8 Å². The highest BCUT2D eigenvalue weighted by molar-refractivity contribution is 5.77. The van der Waals surface area contributed by atoms with Gasteiger partial charge in [-0.3, -0.25) is 9.59 Å². The summed E-state index contributed by atoms with van der Waals surface area (Å²) in [6.07, 6.45) is 2.86. The van der Waals surface area contributed by atoms with Gasteiger partial charge in [-0.05, 0) is 40.5 Å². The normalized spacial score (nSPS) is 5.88. The minimum Gasteiger partial charge on any atom is -0.466 e. The third kappa shape index (κ3) is 313. The maximum atomic E-state index is 10.7. The highest BCUT2D eigenvalue weighted by Gasteiger charge is 2.02. The second-order valence-electron chi connectivity index (χ2n) is 4.72. The first-order chi connectivity index (χ1) is 23.3. The van der Waals surface area contributed by atoms with Crippen LogP contribution in [0.15, 0.2) is 0 Å². The number of carbonyl (C=O) groups excluding carboxylic acids is 4. The summed E-state index contributed by atoms with van der Waals surface area (Å²) in [4.78, 5) is 42.2. The van der Waals surface area contributed by atoms with Crippen LogP contribution < -0.4 is 0 Å². The molecule has 0 unspecified atom stereocenters. The van der Waals surface area contributed by atoms with Gasteiger partial charge >= 0.3 is 11.9 Å². The molecule has 0 aliphatic heterocycles. The van der Waals surface area contributed by atoms with Crippen LogP contribution in [0.25, 0.3) is 0 Å². The number of Topliss-reactive ketones (excluding diaryl/α,β-unsaturated/α-hetero) is 2. The summed E-state index contributed by atoms with van der Waals surface area (Å²) in [5.74, 6) is -0.189. The summed E-state index contributed by atoms with van der Waals surface area (Å²) in [7, 11) is 0. The zero-order valence-electron chi connectivity index (χ0n) is 40.1. The van der Waals surface area contributed by atoms with Crippen molar-refractivity contribution >= 4 is 23.5 Å². The van der Waals surface area contributed by atoms with E-state index in [2.05, 4.69) is 9.47 Å². The van der Waals surface area contributed by atoms with Gasteiger partial charge in [-0.25, -0.2) is 0 Å². The number of ether oxygens (including phenoxy) is 2. The fraction of sp³-hybridized carbons (Fsp3) is 0.905. The molecule has 0 heterocycles. The summed E-state index contributed by atoms with van der Waals surface area (Å²) >= 11 is 0. The predicted octanol–water partition coefficient (Wildman–Crippen LogP) is 16.0. The highest BCUT2D eigenvalue weighted by Crippen LogP contribution is 1.98. The molecule has 0 N–H and O–H groups in total.